The van der Waals surface area contributed by atoms with Crippen LogP contribution in [-0.4, -0.2) is 31.2 Å². The Bertz CT molecular complexity index is 513. The molecule has 0 bridgehead atoms. The molecule has 0 aliphatic heterocycles. The van der Waals surface area contributed by atoms with Crippen molar-refractivity contribution in [1.29, 1.82) is 0 Å². The highest BCUT2D eigenvalue weighted by molar-refractivity contribution is 6.35. The van der Waals surface area contributed by atoms with Crippen LogP contribution in [0.1, 0.15) is 26.3 Å². The van der Waals surface area contributed by atoms with E-state index in [1.807, 2.05) is 39.0 Å². The molecule has 2 N–H and O–H groups in total. The first kappa shape index (κ1) is 16.7. The number of nitrogens with one attached hydrogen (secondary N) is 2. The fourth-order valence-electron chi connectivity index (χ4n) is 1.46. The topological polar surface area (TPSA) is 79.8 Å². The fraction of sp³-hybridized carbons (Fsp3) is 0.400. The summed E-state index contributed by atoms with van der Waals surface area (Å²) in [5.41, 5.74) is 2.91. The quantitative estimate of drug-likeness (QED) is 0.471. The molecule has 0 spiro atoms. The van der Waals surface area contributed by atoms with E-state index in [9.17, 15) is 9.59 Å². The highest BCUT2D eigenvalue weighted by Crippen LogP contribution is 2.15. The van der Waals surface area contributed by atoms with Gasteiger partial charge in [-0.3, -0.25) is 9.59 Å². The van der Waals surface area contributed by atoms with Gasteiger partial charge in [-0.2, -0.15) is 5.10 Å². The van der Waals surface area contributed by atoms with Gasteiger partial charge < -0.3 is 10.1 Å². The van der Waals surface area contributed by atoms with Crippen LogP contribution in [0.25, 0.3) is 0 Å². The van der Waals surface area contributed by atoms with Gasteiger partial charge in [-0.25, -0.2) is 5.43 Å². The molecule has 0 aliphatic carbocycles. The number of benzene rings is 1. The molecule has 0 aliphatic rings. The molecule has 1 aromatic carbocycles. The molecule has 6 heteroatoms. The number of hydrogen-bond donors (Lipinski definition) is 2. The van der Waals surface area contributed by atoms with Gasteiger partial charge in [0.15, 0.2) is 0 Å². The zero-order chi connectivity index (χ0) is 15.7. The fourth-order valence-corrected chi connectivity index (χ4v) is 1.46. The van der Waals surface area contributed by atoms with Crippen LogP contribution in [0, 0.1) is 5.92 Å². The first-order valence-electron chi connectivity index (χ1n) is 6.87. The van der Waals surface area contributed by atoms with Crippen molar-refractivity contribution in [2.45, 2.75) is 20.8 Å². The Morgan fingerprint density at radius 1 is 1.29 bits per heavy atom. The zero-order valence-corrected chi connectivity index (χ0v) is 12.6. The van der Waals surface area contributed by atoms with E-state index in [1.54, 1.807) is 6.07 Å². The number of carbonyl (C=O) groups excluding carboxylic acids is 2. The summed E-state index contributed by atoms with van der Waals surface area (Å²) in [4.78, 5) is 22.9. The maximum absolute atomic E-state index is 11.5. The molecular formula is C15H21N3O3. The van der Waals surface area contributed by atoms with E-state index in [0.717, 1.165) is 5.56 Å². The van der Waals surface area contributed by atoms with Gasteiger partial charge in [0, 0.05) is 12.1 Å². The third kappa shape index (κ3) is 6.07. The van der Waals surface area contributed by atoms with Gasteiger partial charge in [0.2, 0.25) is 0 Å². The Balaban J connectivity index is 2.54. The first-order valence-corrected chi connectivity index (χ1v) is 6.87. The van der Waals surface area contributed by atoms with E-state index in [4.69, 9.17) is 4.74 Å². The van der Waals surface area contributed by atoms with Gasteiger partial charge in [-0.1, -0.05) is 26.0 Å². The van der Waals surface area contributed by atoms with Crippen LogP contribution in [0.3, 0.4) is 0 Å². The lowest BCUT2D eigenvalue weighted by Gasteiger charge is -2.07. The third-order valence-electron chi connectivity index (χ3n) is 2.47. The summed E-state index contributed by atoms with van der Waals surface area (Å²) in [6.07, 6.45) is 1.44. The SMILES string of the molecule is CCOc1ccccc1/C=N\NC(=O)C(=O)NCC(C)C. The summed E-state index contributed by atoms with van der Waals surface area (Å²) in [6.45, 7) is 6.76. The monoisotopic (exact) mass is 291 g/mol. The molecule has 1 rings (SSSR count). The second-order valence-electron chi connectivity index (χ2n) is 4.77. The average Bonchev–Trinajstić information content (AvgIpc) is 2.46. The van der Waals surface area contributed by atoms with Crippen molar-refractivity contribution < 1.29 is 14.3 Å². The maximum Gasteiger partial charge on any atom is 0.329 e. The van der Waals surface area contributed by atoms with Gasteiger partial charge in [-0.05, 0) is 25.0 Å². The van der Waals surface area contributed by atoms with E-state index in [1.165, 1.54) is 6.21 Å². The predicted molar refractivity (Wildman–Crippen MR) is 81.2 cm³/mol. The van der Waals surface area contributed by atoms with Crippen LogP contribution >= 0.6 is 0 Å². The molecule has 114 valence electrons. The van der Waals surface area contributed by atoms with Crippen LogP contribution in [0.15, 0.2) is 29.4 Å². The number of hydrogen-bond acceptors (Lipinski definition) is 4. The van der Waals surface area contributed by atoms with Gasteiger partial charge in [0.05, 0.1) is 12.8 Å². The van der Waals surface area contributed by atoms with Crippen LogP contribution in [0.2, 0.25) is 0 Å². The predicted octanol–water partition coefficient (Wildman–Crippen LogP) is 1.31. The second-order valence-corrected chi connectivity index (χ2v) is 4.77. The third-order valence-corrected chi connectivity index (χ3v) is 2.47. The minimum absolute atomic E-state index is 0.281. The van der Waals surface area contributed by atoms with Crippen molar-refractivity contribution in [3.8, 4) is 5.75 Å². The van der Waals surface area contributed by atoms with E-state index in [-0.39, 0.29) is 5.92 Å². The van der Waals surface area contributed by atoms with Gasteiger partial charge in [0.1, 0.15) is 5.75 Å². The van der Waals surface area contributed by atoms with Crippen molar-refractivity contribution >= 4 is 18.0 Å². The molecule has 2 amide bonds. The Hall–Kier alpha value is -2.37. The number of para-hydroxylation sites is 1. The molecule has 0 heterocycles. The van der Waals surface area contributed by atoms with E-state index in [2.05, 4.69) is 15.8 Å². The molecule has 0 radical (unpaired) electrons. The summed E-state index contributed by atoms with van der Waals surface area (Å²) < 4.78 is 5.42. The number of nitrogens with zero attached hydrogens (tertiary/aromatic N) is 1. The van der Waals surface area contributed by atoms with Crippen molar-refractivity contribution in [2.24, 2.45) is 11.0 Å². The molecule has 6 nitrogen and oxygen atoms in total. The molecule has 1 aromatic rings. The minimum Gasteiger partial charge on any atom is -0.493 e. The standard InChI is InChI=1S/C15H21N3O3/c1-4-21-13-8-6-5-7-12(13)10-17-18-15(20)14(19)16-9-11(2)3/h5-8,10-11H,4,9H2,1-3H3,(H,16,19)(H,18,20)/b17-10-. The number of amides is 2. The second kappa shape index (κ2) is 8.73. The summed E-state index contributed by atoms with van der Waals surface area (Å²) in [6, 6.07) is 7.29. The smallest absolute Gasteiger partial charge is 0.329 e. The summed E-state index contributed by atoms with van der Waals surface area (Å²) in [7, 11) is 0. The molecule has 0 saturated heterocycles. The Kier molecular flexibility index (Phi) is 6.94. The highest BCUT2D eigenvalue weighted by Gasteiger charge is 2.12. The largest absolute Gasteiger partial charge is 0.493 e. The highest BCUT2D eigenvalue weighted by atomic mass is 16.5. The first-order chi connectivity index (χ1) is 10.0. The Morgan fingerprint density at radius 3 is 2.67 bits per heavy atom. The summed E-state index contributed by atoms with van der Waals surface area (Å²) in [5, 5.41) is 6.28. The maximum atomic E-state index is 11.5. The van der Waals surface area contributed by atoms with Crippen molar-refractivity contribution in [3.05, 3.63) is 29.8 Å². The summed E-state index contributed by atoms with van der Waals surface area (Å²) in [5.74, 6) is -0.537. The van der Waals surface area contributed by atoms with Crippen molar-refractivity contribution in [3.63, 3.8) is 0 Å². The van der Waals surface area contributed by atoms with Gasteiger partial charge in [0.25, 0.3) is 0 Å². The Labute approximate surface area is 124 Å². The van der Waals surface area contributed by atoms with E-state index < -0.39 is 11.8 Å². The average molecular weight is 291 g/mol. The molecule has 0 aromatic heterocycles. The van der Waals surface area contributed by atoms with Gasteiger partial charge >= 0.3 is 11.8 Å². The zero-order valence-electron chi connectivity index (χ0n) is 12.6. The van der Waals surface area contributed by atoms with Crippen LogP contribution in [-0.2, 0) is 9.59 Å². The molecular weight excluding hydrogens is 270 g/mol. The number of hydrazone groups is 1. The molecule has 0 fully saturated rings. The van der Waals surface area contributed by atoms with Crippen molar-refractivity contribution in [1.82, 2.24) is 10.7 Å². The van der Waals surface area contributed by atoms with Crippen LogP contribution in [0.4, 0.5) is 0 Å². The lowest BCUT2D eigenvalue weighted by Crippen LogP contribution is -2.39. The van der Waals surface area contributed by atoms with Crippen LogP contribution < -0.4 is 15.5 Å². The number of ether oxygens (including phenoxy) is 1. The van der Waals surface area contributed by atoms with E-state index >= 15 is 0 Å². The molecule has 0 saturated carbocycles. The number of carbonyl (C=O) groups is 2. The Morgan fingerprint density at radius 2 is 2.00 bits per heavy atom. The molecule has 21 heavy (non-hydrogen) atoms. The lowest BCUT2D eigenvalue weighted by atomic mass is 10.2. The van der Waals surface area contributed by atoms with Crippen molar-refractivity contribution in [2.75, 3.05) is 13.2 Å². The number of rotatable bonds is 6. The minimum atomic E-state index is -0.791. The van der Waals surface area contributed by atoms with Crippen LogP contribution in [0.5, 0.6) is 5.75 Å². The normalized spacial score (nSPS) is 10.7. The van der Waals surface area contributed by atoms with Gasteiger partial charge in [-0.15, -0.1) is 0 Å². The molecule has 0 unspecified atom stereocenters. The summed E-state index contributed by atoms with van der Waals surface area (Å²) >= 11 is 0. The molecule has 0 atom stereocenters. The lowest BCUT2D eigenvalue weighted by molar-refractivity contribution is -0.139. The van der Waals surface area contributed by atoms with E-state index in [0.29, 0.717) is 18.9 Å².